The van der Waals surface area contributed by atoms with E-state index in [9.17, 15) is 4.79 Å². The molecule has 5 nitrogen and oxygen atoms in total. The van der Waals surface area contributed by atoms with Crippen LogP contribution in [0.3, 0.4) is 0 Å². The third kappa shape index (κ3) is 1.67. The normalized spacial score (nSPS) is 10.6. The number of hydrogen-bond donors (Lipinski definition) is 0. The van der Waals surface area contributed by atoms with Crippen LogP contribution in [0.4, 0.5) is 0 Å². The van der Waals surface area contributed by atoms with Crippen molar-refractivity contribution in [1.82, 2.24) is 15.0 Å². The number of benzene rings is 1. The largest absolute Gasteiger partial charge is 0.402 e. The van der Waals surface area contributed by atoms with Crippen LogP contribution >= 0.6 is 0 Å². The maximum absolute atomic E-state index is 11.7. The van der Waals surface area contributed by atoms with Crippen molar-refractivity contribution in [2.45, 2.75) is 0 Å². The van der Waals surface area contributed by atoms with Crippen molar-refractivity contribution >= 4 is 11.2 Å². The van der Waals surface area contributed by atoms with Crippen LogP contribution in [-0.4, -0.2) is 15.0 Å². The summed E-state index contributed by atoms with van der Waals surface area (Å²) in [6.45, 7) is 0. The second kappa shape index (κ2) is 3.79. The predicted molar refractivity (Wildman–Crippen MR) is 61.3 cm³/mol. The van der Waals surface area contributed by atoms with E-state index in [0.717, 1.165) is 5.56 Å². The average molecular weight is 225 g/mol. The maximum Gasteiger partial charge on any atom is 0.367 e. The van der Waals surface area contributed by atoms with Crippen LogP contribution in [-0.2, 0) is 0 Å². The van der Waals surface area contributed by atoms with E-state index in [1.54, 1.807) is 0 Å². The molecule has 1 aromatic carbocycles. The minimum atomic E-state index is -0.526. The summed E-state index contributed by atoms with van der Waals surface area (Å²) in [6, 6.07) is 9.19. The molecule has 0 saturated heterocycles. The van der Waals surface area contributed by atoms with Gasteiger partial charge >= 0.3 is 5.63 Å². The maximum atomic E-state index is 11.7. The number of rotatable bonds is 1. The first-order valence-corrected chi connectivity index (χ1v) is 5.02. The van der Waals surface area contributed by atoms with Crippen molar-refractivity contribution in [3.63, 3.8) is 0 Å². The molecule has 82 valence electrons. The lowest BCUT2D eigenvalue weighted by Crippen LogP contribution is -2.05. The molecule has 0 aliphatic heterocycles. The lowest BCUT2D eigenvalue weighted by Gasteiger charge is -1.99. The molecule has 0 aliphatic rings. The van der Waals surface area contributed by atoms with E-state index >= 15 is 0 Å². The van der Waals surface area contributed by atoms with Crippen molar-refractivity contribution in [2.24, 2.45) is 0 Å². The molecule has 3 aromatic rings. The lowest BCUT2D eigenvalue weighted by molar-refractivity contribution is 0.515. The first-order valence-electron chi connectivity index (χ1n) is 5.02. The highest BCUT2D eigenvalue weighted by Crippen LogP contribution is 2.15. The van der Waals surface area contributed by atoms with Gasteiger partial charge in [0.25, 0.3) is 0 Å². The third-order valence-electron chi connectivity index (χ3n) is 2.29. The zero-order valence-electron chi connectivity index (χ0n) is 8.70. The summed E-state index contributed by atoms with van der Waals surface area (Å²) < 4.78 is 5.11. The number of aromatic nitrogens is 3. The van der Waals surface area contributed by atoms with Gasteiger partial charge in [0.2, 0.25) is 5.89 Å². The summed E-state index contributed by atoms with van der Waals surface area (Å²) in [4.78, 5) is 23.7. The van der Waals surface area contributed by atoms with Crippen molar-refractivity contribution < 1.29 is 4.42 Å². The first kappa shape index (κ1) is 9.65. The van der Waals surface area contributed by atoms with Gasteiger partial charge in [0.15, 0.2) is 11.2 Å². The van der Waals surface area contributed by atoms with Crippen molar-refractivity contribution in [2.75, 3.05) is 0 Å². The zero-order valence-corrected chi connectivity index (χ0v) is 8.70. The van der Waals surface area contributed by atoms with Crippen molar-refractivity contribution in [3.05, 3.63) is 53.1 Å². The van der Waals surface area contributed by atoms with Gasteiger partial charge in [0.05, 0.1) is 0 Å². The van der Waals surface area contributed by atoms with Gasteiger partial charge in [-0.15, -0.1) is 0 Å². The van der Waals surface area contributed by atoms with Crippen LogP contribution < -0.4 is 5.63 Å². The molecule has 0 amide bonds. The fraction of sp³-hybridized carbons (Fsp3) is 0. The van der Waals surface area contributed by atoms with E-state index in [-0.39, 0.29) is 11.4 Å². The Bertz CT molecular complexity index is 722. The quantitative estimate of drug-likeness (QED) is 0.629. The standard InChI is InChI=1S/C12H7N3O2/c16-12-9-10(14-7-6-13-9)15-11(17-12)8-4-2-1-3-5-8/h1-7H. The van der Waals surface area contributed by atoms with Gasteiger partial charge in [-0.3, -0.25) is 0 Å². The molecule has 3 rings (SSSR count). The van der Waals surface area contributed by atoms with Crippen LogP contribution in [0.2, 0.25) is 0 Å². The van der Waals surface area contributed by atoms with Gasteiger partial charge in [0, 0.05) is 18.0 Å². The predicted octanol–water partition coefficient (Wildman–Crippen LogP) is 1.64. The molecule has 0 atom stereocenters. The first-order chi connectivity index (χ1) is 8.34. The molecule has 0 bridgehead atoms. The van der Waals surface area contributed by atoms with E-state index in [4.69, 9.17) is 4.42 Å². The minimum Gasteiger partial charge on any atom is -0.402 e. The molecule has 0 N–H and O–H groups in total. The minimum absolute atomic E-state index is 0.146. The Labute approximate surface area is 95.8 Å². The van der Waals surface area contributed by atoms with Gasteiger partial charge in [-0.2, -0.15) is 4.98 Å². The Morgan fingerprint density at radius 1 is 1.00 bits per heavy atom. The highest BCUT2D eigenvalue weighted by molar-refractivity contribution is 5.69. The molecule has 0 fully saturated rings. The molecular weight excluding hydrogens is 218 g/mol. The van der Waals surface area contributed by atoms with Gasteiger partial charge in [0.1, 0.15) is 0 Å². The van der Waals surface area contributed by atoms with Crippen LogP contribution in [0.15, 0.2) is 51.9 Å². The fourth-order valence-electron chi connectivity index (χ4n) is 1.52. The Kier molecular flexibility index (Phi) is 2.15. The van der Waals surface area contributed by atoms with E-state index in [1.165, 1.54) is 12.4 Å². The van der Waals surface area contributed by atoms with Crippen LogP contribution in [0.1, 0.15) is 0 Å². The van der Waals surface area contributed by atoms with Crippen molar-refractivity contribution in [1.29, 1.82) is 0 Å². The molecule has 0 aliphatic carbocycles. The summed E-state index contributed by atoms with van der Waals surface area (Å²) in [6.07, 6.45) is 2.92. The smallest absolute Gasteiger partial charge is 0.367 e. The molecule has 17 heavy (non-hydrogen) atoms. The van der Waals surface area contributed by atoms with E-state index in [0.29, 0.717) is 5.65 Å². The Balaban J connectivity index is 2.30. The van der Waals surface area contributed by atoms with Crippen LogP contribution in [0.25, 0.3) is 22.6 Å². The molecule has 0 unspecified atom stereocenters. The summed E-state index contributed by atoms with van der Waals surface area (Å²) in [5.74, 6) is 0.253. The highest BCUT2D eigenvalue weighted by atomic mass is 16.4. The summed E-state index contributed by atoms with van der Waals surface area (Å²) in [5.41, 5.74) is 0.647. The molecule has 0 radical (unpaired) electrons. The van der Waals surface area contributed by atoms with Crippen molar-refractivity contribution in [3.8, 4) is 11.5 Å². The monoisotopic (exact) mass is 225 g/mol. The third-order valence-corrected chi connectivity index (χ3v) is 2.29. The number of fused-ring (bicyclic) bond motifs is 1. The summed E-state index contributed by atoms with van der Waals surface area (Å²) in [5, 5.41) is 0. The topological polar surface area (TPSA) is 68.9 Å². The average Bonchev–Trinajstić information content (AvgIpc) is 2.40. The zero-order chi connectivity index (χ0) is 11.7. The van der Waals surface area contributed by atoms with Gasteiger partial charge < -0.3 is 4.42 Å². The number of nitrogens with zero attached hydrogens (tertiary/aromatic N) is 3. The lowest BCUT2D eigenvalue weighted by atomic mass is 10.2. The molecule has 2 aromatic heterocycles. The van der Waals surface area contributed by atoms with Gasteiger partial charge in [-0.05, 0) is 12.1 Å². The Morgan fingerprint density at radius 2 is 1.76 bits per heavy atom. The van der Waals surface area contributed by atoms with Crippen LogP contribution in [0, 0.1) is 0 Å². The fourth-order valence-corrected chi connectivity index (χ4v) is 1.52. The Hall–Kier alpha value is -2.56. The molecular formula is C12H7N3O2. The molecule has 0 saturated carbocycles. The SMILES string of the molecule is O=c1oc(-c2ccccc2)nc2nccnc12. The van der Waals surface area contributed by atoms with E-state index in [2.05, 4.69) is 15.0 Å². The molecule has 0 spiro atoms. The summed E-state index contributed by atoms with van der Waals surface area (Å²) >= 11 is 0. The second-order valence-corrected chi connectivity index (χ2v) is 3.40. The van der Waals surface area contributed by atoms with Gasteiger partial charge in [-0.25, -0.2) is 14.8 Å². The second-order valence-electron chi connectivity index (χ2n) is 3.40. The highest BCUT2D eigenvalue weighted by Gasteiger charge is 2.09. The molecule has 5 heteroatoms. The molecule has 2 heterocycles. The van der Waals surface area contributed by atoms with Crippen LogP contribution in [0.5, 0.6) is 0 Å². The summed E-state index contributed by atoms with van der Waals surface area (Å²) in [7, 11) is 0. The van der Waals surface area contributed by atoms with E-state index in [1.807, 2.05) is 30.3 Å². The number of hydrogen-bond acceptors (Lipinski definition) is 5. The Morgan fingerprint density at radius 3 is 2.59 bits per heavy atom. The van der Waals surface area contributed by atoms with E-state index < -0.39 is 5.63 Å². The van der Waals surface area contributed by atoms with Gasteiger partial charge in [-0.1, -0.05) is 18.2 Å².